The molecule has 0 aromatic carbocycles. The number of hydrogen-bond acceptors (Lipinski definition) is 5. The summed E-state index contributed by atoms with van der Waals surface area (Å²) in [4.78, 5) is 25.1. The molecule has 4 rings (SSSR count). The fourth-order valence-electron chi connectivity index (χ4n) is 3.24. The first-order valence-corrected chi connectivity index (χ1v) is 9.27. The predicted molar refractivity (Wildman–Crippen MR) is 96.5 cm³/mol. The standard InChI is InChI=1S/C18H19N5OS/c1-12-10-15(16-5-3-9-25-16)21-17(20-12)13-4-2-8-23(11-13)18(24)14-6-7-19-22-14/h3,5-7,9-10,13H,2,4,8,11H2,1H3,(H,19,22). The van der Waals surface area contributed by atoms with Gasteiger partial charge in [0.25, 0.3) is 5.91 Å². The molecule has 4 heterocycles. The molecule has 1 N–H and O–H groups in total. The summed E-state index contributed by atoms with van der Waals surface area (Å²) in [6.45, 7) is 3.40. The Labute approximate surface area is 149 Å². The van der Waals surface area contributed by atoms with Crippen LogP contribution in [0.1, 0.15) is 40.8 Å². The van der Waals surface area contributed by atoms with E-state index in [4.69, 9.17) is 4.98 Å². The van der Waals surface area contributed by atoms with Gasteiger partial charge < -0.3 is 4.90 Å². The van der Waals surface area contributed by atoms with E-state index in [-0.39, 0.29) is 11.8 Å². The van der Waals surface area contributed by atoms with Crippen molar-refractivity contribution in [3.63, 3.8) is 0 Å². The van der Waals surface area contributed by atoms with Crippen LogP contribution in [-0.4, -0.2) is 44.1 Å². The number of aryl methyl sites for hydroxylation is 1. The molecule has 1 saturated heterocycles. The van der Waals surface area contributed by atoms with Crippen LogP contribution in [0, 0.1) is 6.92 Å². The van der Waals surface area contributed by atoms with Crippen LogP contribution >= 0.6 is 11.3 Å². The summed E-state index contributed by atoms with van der Waals surface area (Å²) >= 11 is 1.68. The van der Waals surface area contributed by atoms with E-state index >= 15 is 0 Å². The number of hydrogen-bond donors (Lipinski definition) is 1. The van der Waals surface area contributed by atoms with Gasteiger partial charge in [-0.15, -0.1) is 11.3 Å². The number of rotatable bonds is 3. The van der Waals surface area contributed by atoms with E-state index in [9.17, 15) is 4.79 Å². The lowest BCUT2D eigenvalue weighted by Crippen LogP contribution is -2.39. The number of nitrogens with one attached hydrogen (secondary N) is 1. The number of piperidine rings is 1. The Balaban J connectivity index is 1.58. The highest BCUT2D eigenvalue weighted by Crippen LogP contribution is 2.29. The Morgan fingerprint density at radius 3 is 3.04 bits per heavy atom. The number of aromatic nitrogens is 4. The summed E-state index contributed by atoms with van der Waals surface area (Å²) in [5.41, 5.74) is 2.46. The highest BCUT2D eigenvalue weighted by molar-refractivity contribution is 7.13. The normalized spacial score (nSPS) is 17.6. The third kappa shape index (κ3) is 3.32. The molecule has 1 atom stereocenters. The van der Waals surface area contributed by atoms with Crippen LogP contribution in [-0.2, 0) is 0 Å². The second-order valence-electron chi connectivity index (χ2n) is 6.29. The van der Waals surface area contributed by atoms with Crippen molar-refractivity contribution in [2.24, 2.45) is 0 Å². The van der Waals surface area contributed by atoms with Crippen LogP contribution in [0.25, 0.3) is 10.6 Å². The molecule has 1 fully saturated rings. The quantitative estimate of drug-likeness (QED) is 0.784. The molecule has 0 bridgehead atoms. The second-order valence-corrected chi connectivity index (χ2v) is 7.24. The van der Waals surface area contributed by atoms with E-state index in [1.807, 2.05) is 24.0 Å². The summed E-state index contributed by atoms with van der Waals surface area (Å²) in [5.74, 6) is 0.998. The monoisotopic (exact) mass is 353 g/mol. The lowest BCUT2D eigenvalue weighted by molar-refractivity contribution is 0.0698. The molecule has 3 aromatic heterocycles. The van der Waals surface area contributed by atoms with Gasteiger partial charge in [0.1, 0.15) is 11.5 Å². The van der Waals surface area contributed by atoms with Gasteiger partial charge in [-0.3, -0.25) is 9.89 Å². The number of H-pyrrole nitrogens is 1. The number of likely N-dealkylation sites (tertiary alicyclic amines) is 1. The number of thiophene rings is 1. The van der Waals surface area contributed by atoms with Gasteiger partial charge in [0.05, 0.1) is 10.6 Å². The molecule has 0 spiro atoms. The number of nitrogens with zero attached hydrogens (tertiary/aromatic N) is 4. The Morgan fingerprint density at radius 1 is 1.36 bits per heavy atom. The van der Waals surface area contributed by atoms with Gasteiger partial charge in [0.2, 0.25) is 0 Å². The fraction of sp³-hybridized carbons (Fsp3) is 0.333. The van der Waals surface area contributed by atoms with Crippen molar-refractivity contribution < 1.29 is 4.79 Å². The highest BCUT2D eigenvalue weighted by Gasteiger charge is 2.28. The minimum absolute atomic E-state index is 0.00617. The maximum Gasteiger partial charge on any atom is 0.271 e. The maximum absolute atomic E-state index is 12.6. The number of amides is 1. The van der Waals surface area contributed by atoms with E-state index in [2.05, 4.69) is 26.6 Å². The highest BCUT2D eigenvalue weighted by atomic mass is 32.1. The van der Waals surface area contributed by atoms with Gasteiger partial charge in [-0.2, -0.15) is 5.10 Å². The number of carbonyl (C=O) groups is 1. The lowest BCUT2D eigenvalue weighted by Gasteiger charge is -2.31. The van der Waals surface area contributed by atoms with Crippen molar-refractivity contribution in [3.8, 4) is 10.6 Å². The van der Waals surface area contributed by atoms with E-state index in [1.165, 1.54) is 0 Å². The largest absolute Gasteiger partial charge is 0.337 e. The fourth-order valence-corrected chi connectivity index (χ4v) is 3.93. The molecule has 25 heavy (non-hydrogen) atoms. The molecular formula is C18H19N5OS. The molecule has 1 aliphatic heterocycles. The topological polar surface area (TPSA) is 74.8 Å². The van der Waals surface area contributed by atoms with Gasteiger partial charge >= 0.3 is 0 Å². The summed E-state index contributed by atoms with van der Waals surface area (Å²) in [5, 5.41) is 8.68. The van der Waals surface area contributed by atoms with Crippen LogP contribution < -0.4 is 0 Å². The van der Waals surface area contributed by atoms with Crippen molar-refractivity contribution in [1.82, 2.24) is 25.1 Å². The molecule has 128 valence electrons. The van der Waals surface area contributed by atoms with Gasteiger partial charge in [-0.1, -0.05) is 6.07 Å². The van der Waals surface area contributed by atoms with Crippen molar-refractivity contribution >= 4 is 17.2 Å². The van der Waals surface area contributed by atoms with E-state index in [0.29, 0.717) is 12.2 Å². The van der Waals surface area contributed by atoms with Crippen LogP contribution in [0.2, 0.25) is 0 Å². The molecule has 3 aromatic rings. The van der Waals surface area contributed by atoms with Gasteiger partial charge in [0.15, 0.2) is 0 Å². The molecule has 1 unspecified atom stereocenters. The smallest absolute Gasteiger partial charge is 0.271 e. The summed E-state index contributed by atoms with van der Waals surface area (Å²) < 4.78 is 0. The summed E-state index contributed by atoms with van der Waals surface area (Å²) in [6.07, 6.45) is 3.56. The first-order valence-electron chi connectivity index (χ1n) is 8.39. The predicted octanol–water partition coefficient (Wildman–Crippen LogP) is 3.26. The van der Waals surface area contributed by atoms with Crippen LogP contribution in [0.5, 0.6) is 0 Å². The number of aromatic amines is 1. The zero-order valence-corrected chi connectivity index (χ0v) is 14.8. The van der Waals surface area contributed by atoms with Crippen molar-refractivity contribution in [2.45, 2.75) is 25.7 Å². The second kappa shape index (κ2) is 6.76. The van der Waals surface area contributed by atoms with Crippen molar-refractivity contribution in [2.75, 3.05) is 13.1 Å². The summed E-state index contributed by atoms with van der Waals surface area (Å²) in [7, 11) is 0. The lowest BCUT2D eigenvalue weighted by atomic mass is 9.96. The zero-order valence-electron chi connectivity index (χ0n) is 14.0. The molecule has 6 nitrogen and oxygen atoms in total. The third-order valence-corrected chi connectivity index (χ3v) is 5.34. The molecule has 0 radical (unpaired) electrons. The van der Waals surface area contributed by atoms with Crippen LogP contribution in [0.4, 0.5) is 0 Å². The Morgan fingerprint density at radius 2 is 2.28 bits per heavy atom. The van der Waals surface area contributed by atoms with E-state index < -0.39 is 0 Å². The average Bonchev–Trinajstić information content (AvgIpc) is 3.34. The minimum Gasteiger partial charge on any atom is -0.337 e. The molecule has 1 aliphatic rings. The van der Waals surface area contributed by atoms with Crippen molar-refractivity contribution in [1.29, 1.82) is 0 Å². The SMILES string of the molecule is Cc1cc(-c2cccs2)nc(C2CCCN(C(=O)c3ccn[nH]3)C2)n1. The third-order valence-electron chi connectivity index (χ3n) is 4.45. The summed E-state index contributed by atoms with van der Waals surface area (Å²) in [6, 6.07) is 7.84. The van der Waals surface area contributed by atoms with Crippen molar-refractivity contribution in [3.05, 3.63) is 53.1 Å². The van der Waals surface area contributed by atoms with Gasteiger partial charge in [0, 0.05) is 30.9 Å². The van der Waals surface area contributed by atoms with Crippen LogP contribution in [0.15, 0.2) is 35.8 Å². The molecule has 0 saturated carbocycles. The molecule has 7 heteroatoms. The van der Waals surface area contributed by atoms with Gasteiger partial charge in [-0.05, 0) is 43.3 Å². The van der Waals surface area contributed by atoms with Crippen LogP contribution in [0.3, 0.4) is 0 Å². The molecule has 0 aliphatic carbocycles. The molecule has 1 amide bonds. The first-order chi connectivity index (χ1) is 12.2. The molecular weight excluding hydrogens is 334 g/mol. The Hall–Kier alpha value is -2.54. The van der Waals surface area contributed by atoms with E-state index in [0.717, 1.165) is 41.5 Å². The average molecular weight is 353 g/mol. The first kappa shape index (κ1) is 16.0. The van der Waals surface area contributed by atoms with E-state index in [1.54, 1.807) is 23.6 Å². The number of carbonyl (C=O) groups excluding carboxylic acids is 1. The zero-order chi connectivity index (χ0) is 17.2. The Bertz CT molecular complexity index is 860. The van der Waals surface area contributed by atoms with Gasteiger partial charge in [-0.25, -0.2) is 9.97 Å². The Kier molecular flexibility index (Phi) is 4.31. The maximum atomic E-state index is 12.6. The minimum atomic E-state index is -0.00617.